The first-order valence-electron chi connectivity index (χ1n) is 15.5. The molecule has 1 atom stereocenters. The molecule has 2 aromatic carbocycles. The number of ether oxygens (including phenoxy) is 6. The van der Waals surface area contributed by atoms with E-state index in [2.05, 4.69) is 15.6 Å². The van der Waals surface area contributed by atoms with Crippen molar-refractivity contribution in [3.63, 3.8) is 0 Å². The number of rotatable bonds is 16. The van der Waals surface area contributed by atoms with E-state index in [1.165, 1.54) is 4.57 Å². The number of nitrogens with zero attached hydrogens (tertiary/aromatic N) is 2. The van der Waals surface area contributed by atoms with E-state index < -0.39 is 23.6 Å². The fourth-order valence-corrected chi connectivity index (χ4v) is 4.71. The number of imide groups is 1. The van der Waals surface area contributed by atoms with Crippen molar-refractivity contribution in [2.75, 3.05) is 58.2 Å². The summed E-state index contributed by atoms with van der Waals surface area (Å²) in [5.74, 6) is 0.740. The highest BCUT2D eigenvalue weighted by Crippen LogP contribution is 2.22. The van der Waals surface area contributed by atoms with Crippen molar-refractivity contribution >= 4 is 34.5 Å². The summed E-state index contributed by atoms with van der Waals surface area (Å²) in [5.41, 5.74) is 0.163. The van der Waals surface area contributed by atoms with E-state index in [0.29, 0.717) is 86.8 Å². The maximum atomic E-state index is 13.1. The highest BCUT2D eigenvalue weighted by Gasteiger charge is 2.30. The Balaban J connectivity index is 1.04. The summed E-state index contributed by atoms with van der Waals surface area (Å²) in [6.07, 6.45) is -0.0886. The van der Waals surface area contributed by atoms with Crippen molar-refractivity contribution in [2.24, 2.45) is 0 Å². The number of hydrogen-bond acceptors (Lipinski definition) is 11. The molecule has 3 amide bonds. The zero-order chi connectivity index (χ0) is 33.8. The predicted molar refractivity (Wildman–Crippen MR) is 172 cm³/mol. The van der Waals surface area contributed by atoms with Crippen LogP contribution in [0.3, 0.4) is 0 Å². The number of carbonyl (C=O) groups is 3. The minimum Gasteiger partial charge on any atom is -0.491 e. The van der Waals surface area contributed by atoms with Gasteiger partial charge in [-0.3, -0.25) is 29.6 Å². The first-order valence-corrected chi connectivity index (χ1v) is 15.5. The molecule has 0 saturated carbocycles. The van der Waals surface area contributed by atoms with Gasteiger partial charge < -0.3 is 28.4 Å². The molecule has 14 nitrogen and oxygen atoms in total. The quantitative estimate of drug-likeness (QED) is 0.171. The largest absolute Gasteiger partial charge is 0.491 e. The summed E-state index contributed by atoms with van der Waals surface area (Å²) in [4.78, 5) is 53.3. The number of hydrogen-bond donors (Lipinski definition) is 2. The summed E-state index contributed by atoms with van der Waals surface area (Å²) in [5, 5.41) is 5.31. The van der Waals surface area contributed by atoms with Crippen molar-refractivity contribution in [1.29, 1.82) is 0 Å². The van der Waals surface area contributed by atoms with Crippen LogP contribution in [0.4, 0.5) is 10.5 Å². The van der Waals surface area contributed by atoms with Crippen LogP contribution in [0.2, 0.25) is 0 Å². The van der Waals surface area contributed by atoms with Crippen molar-refractivity contribution in [3.8, 4) is 11.5 Å². The average molecular weight is 655 g/mol. The van der Waals surface area contributed by atoms with E-state index in [9.17, 15) is 19.2 Å². The molecule has 1 fully saturated rings. The predicted octanol–water partition coefficient (Wildman–Crippen LogP) is 3.54. The molecule has 254 valence electrons. The van der Waals surface area contributed by atoms with E-state index >= 15 is 0 Å². The van der Waals surface area contributed by atoms with E-state index in [1.54, 1.807) is 70.2 Å². The van der Waals surface area contributed by atoms with Crippen molar-refractivity contribution in [2.45, 2.75) is 52.2 Å². The van der Waals surface area contributed by atoms with Gasteiger partial charge in [0, 0.05) is 18.2 Å². The monoisotopic (exact) mass is 654 g/mol. The van der Waals surface area contributed by atoms with Crippen LogP contribution in [0.25, 0.3) is 10.9 Å². The lowest BCUT2D eigenvalue weighted by Gasteiger charge is -2.24. The van der Waals surface area contributed by atoms with Crippen LogP contribution in [-0.4, -0.2) is 85.9 Å². The third kappa shape index (κ3) is 11.0. The van der Waals surface area contributed by atoms with Gasteiger partial charge in [-0.05, 0) is 70.5 Å². The standard InChI is InChI=1S/C33H42N4O10/c1-22-34-27-21-25(9-10-26(27)31(40)37(22)28-11-12-29(38)36-30(28)39)46-20-18-44-16-14-42-13-15-43-17-19-45-24-7-5-23(6-8-24)35-32(41)47-33(2,3)4/h5-10,21,28H,11-20H2,1-4H3,(H,35,41)(H,36,38,39). The fraction of sp³-hybridized carbons (Fsp3) is 0.485. The highest BCUT2D eigenvalue weighted by atomic mass is 16.6. The Bertz CT molecular complexity index is 1580. The Morgan fingerprint density at radius 2 is 1.45 bits per heavy atom. The third-order valence-corrected chi connectivity index (χ3v) is 6.81. The van der Waals surface area contributed by atoms with Crippen LogP contribution in [-0.2, 0) is 28.5 Å². The number of amides is 3. The third-order valence-electron chi connectivity index (χ3n) is 6.81. The van der Waals surface area contributed by atoms with Crippen molar-refractivity contribution in [1.82, 2.24) is 14.9 Å². The number of nitrogens with one attached hydrogen (secondary N) is 2. The molecule has 47 heavy (non-hydrogen) atoms. The number of carbonyl (C=O) groups excluding carboxylic acids is 3. The van der Waals surface area contributed by atoms with Gasteiger partial charge in [0.2, 0.25) is 11.8 Å². The van der Waals surface area contributed by atoms with Gasteiger partial charge in [-0.2, -0.15) is 0 Å². The number of benzene rings is 2. The molecule has 1 aliphatic rings. The summed E-state index contributed by atoms with van der Waals surface area (Å²) in [6, 6.07) is 11.2. The Hall–Kier alpha value is -4.53. The molecular formula is C33H42N4O10. The first kappa shape index (κ1) is 35.3. The molecule has 2 N–H and O–H groups in total. The topological polar surface area (TPSA) is 166 Å². The molecule has 14 heteroatoms. The number of fused-ring (bicyclic) bond motifs is 1. The Morgan fingerprint density at radius 1 is 0.872 bits per heavy atom. The molecule has 0 radical (unpaired) electrons. The first-order chi connectivity index (χ1) is 22.5. The summed E-state index contributed by atoms with van der Waals surface area (Å²) in [7, 11) is 0. The highest BCUT2D eigenvalue weighted by molar-refractivity contribution is 5.99. The molecule has 2 heterocycles. The molecule has 3 aromatic rings. The summed E-state index contributed by atoms with van der Waals surface area (Å²) >= 11 is 0. The smallest absolute Gasteiger partial charge is 0.412 e. The van der Waals surface area contributed by atoms with E-state index in [-0.39, 0.29) is 24.3 Å². The second kappa shape index (κ2) is 16.9. The minimum atomic E-state index is -0.768. The maximum Gasteiger partial charge on any atom is 0.412 e. The van der Waals surface area contributed by atoms with E-state index in [4.69, 9.17) is 28.4 Å². The molecule has 0 spiro atoms. The lowest BCUT2D eigenvalue weighted by Crippen LogP contribution is -2.45. The zero-order valence-corrected chi connectivity index (χ0v) is 27.2. The average Bonchev–Trinajstić information content (AvgIpc) is 3.00. The number of piperidine rings is 1. The molecule has 1 aliphatic heterocycles. The summed E-state index contributed by atoms with van der Waals surface area (Å²) in [6.45, 7) is 10.1. The molecule has 1 aromatic heterocycles. The van der Waals surface area contributed by atoms with Gasteiger partial charge in [-0.15, -0.1) is 0 Å². The fourth-order valence-electron chi connectivity index (χ4n) is 4.71. The van der Waals surface area contributed by atoms with Crippen LogP contribution < -0.4 is 25.7 Å². The zero-order valence-electron chi connectivity index (χ0n) is 27.2. The Morgan fingerprint density at radius 3 is 2.04 bits per heavy atom. The van der Waals surface area contributed by atoms with Crippen molar-refractivity contribution < 1.29 is 42.8 Å². The van der Waals surface area contributed by atoms with Gasteiger partial charge in [-0.1, -0.05) is 0 Å². The van der Waals surface area contributed by atoms with Gasteiger partial charge >= 0.3 is 6.09 Å². The molecule has 1 saturated heterocycles. The normalized spacial score (nSPS) is 14.9. The van der Waals surface area contributed by atoms with E-state index in [1.807, 2.05) is 0 Å². The van der Waals surface area contributed by atoms with Gasteiger partial charge in [-0.25, -0.2) is 9.78 Å². The Kier molecular flexibility index (Phi) is 12.7. The van der Waals surface area contributed by atoms with Crippen LogP contribution in [0, 0.1) is 6.92 Å². The molecule has 0 bridgehead atoms. The number of aryl methyl sites for hydroxylation is 1. The number of aromatic nitrogens is 2. The molecule has 4 rings (SSSR count). The maximum absolute atomic E-state index is 13.1. The van der Waals surface area contributed by atoms with Crippen LogP contribution in [0.5, 0.6) is 11.5 Å². The Labute approximate surface area is 272 Å². The SMILES string of the molecule is Cc1nc2cc(OCCOCCOCCOCCOc3ccc(NC(=O)OC(C)(C)C)cc3)ccc2c(=O)n1C1CCC(=O)NC1=O. The van der Waals surface area contributed by atoms with Gasteiger partial charge in [0.05, 0.1) is 50.5 Å². The lowest BCUT2D eigenvalue weighted by molar-refractivity contribution is -0.135. The lowest BCUT2D eigenvalue weighted by atomic mass is 10.1. The molecule has 0 aliphatic carbocycles. The van der Waals surface area contributed by atoms with Crippen molar-refractivity contribution in [3.05, 3.63) is 58.6 Å². The van der Waals surface area contributed by atoms with Crippen LogP contribution in [0.1, 0.15) is 45.5 Å². The minimum absolute atomic E-state index is 0.170. The van der Waals surface area contributed by atoms with Gasteiger partial charge in [0.15, 0.2) is 0 Å². The van der Waals surface area contributed by atoms with Crippen LogP contribution >= 0.6 is 0 Å². The van der Waals surface area contributed by atoms with Gasteiger partial charge in [0.1, 0.15) is 42.2 Å². The van der Waals surface area contributed by atoms with Crippen LogP contribution in [0.15, 0.2) is 47.3 Å². The second-order valence-corrected chi connectivity index (χ2v) is 11.7. The molecular weight excluding hydrogens is 612 g/mol. The molecule has 1 unspecified atom stereocenters. The van der Waals surface area contributed by atoms with Gasteiger partial charge in [0.25, 0.3) is 5.56 Å². The van der Waals surface area contributed by atoms with E-state index in [0.717, 1.165) is 0 Å². The number of anilines is 1. The second-order valence-electron chi connectivity index (χ2n) is 11.7. The summed E-state index contributed by atoms with van der Waals surface area (Å²) < 4.78 is 34.6.